The summed E-state index contributed by atoms with van der Waals surface area (Å²) in [6, 6.07) is 6.53. The first kappa shape index (κ1) is 14.1. The number of hydrogen-bond donors (Lipinski definition) is 2. The number of nitrogens with zero attached hydrogens (tertiary/aromatic N) is 1. The zero-order valence-corrected chi connectivity index (χ0v) is 12.3. The number of carbonyl (C=O) groups excluding carboxylic acids is 1. The molecule has 1 amide bonds. The first-order valence-corrected chi connectivity index (χ1v) is 7.27. The molecule has 4 nitrogen and oxygen atoms in total. The molecule has 0 spiro atoms. The maximum absolute atomic E-state index is 13.2. The standard InChI is InChI=1S/C16H20FN3O/c1-20(2)15(10-3-4-10)9-18-16(21)14-8-11-7-12(17)5-6-13(11)19-14/h5-8,10,15,19H,3-4,9H2,1-2H3,(H,18,21)/t15-/m0/s1. The van der Waals surface area contributed by atoms with Gasteiger partial charge in [0.2, 0.25) is 0 Å². The highest BCUT2D eigenvalue weighted by molar-refractivity contribution is 5.98. The third-order valence-electron chi connectivity index (χ3n) is 4.13. The van der Waals surface area contributed by atoms with E-state index in [0.717, 1.165) is 5.52 Å². The van der Waals surface area contributed by atoms with Crippen molar-refractivity contribution >= 4 is 16.8 Å². The van der Waals surface area contributed by atoms with E-state index in [1.54, 1.807) is 12.1 Å². The molecular formula is C16H20FN3O. The number of halogens is 1. The van der Waals surface area contributed by atoms with Crippen LogP contribution in [-0.2, 0) is 0 Å². The smallest absolute Gasteiger partial charge is 0.267 e. The number of fused-ring (bicyclic) bond motifs is 1. The second kappa shape index (κ2) is 5.48. The van der Waals surface area contributed by atoms with E-state index >= 15 is 0 Å². The predicted molar refractivity (Wildman–Crippen MR) is 80.8 cm³/mol. The monoisotopic (exact) mass is 289 g/mol. The van der Waals surface area contributed by atoms with Crippen LogP contribution in [0.1, 0.15) is 23.3 Å². The minimum absolute atomic E-state index is 0.140. The number of aromatic nitrogens is 1. The van der Waals surface area contributed by atoms with Gasteiger partial charge >= 0.3 is 0 Å². The van der Waals surface area contributed by atoms with Gasteiger partial charge in [0.05, 0.1) is 0 Å². The molecule has 2 N–H and O–H groups in total. The van der Waals surface area contributed by atoms with Crippen molar-refractivity contribution in [3.05, 3.63) is 35.8 Å². The third-order valence-corrected chi connectivity index (χ3v) is 4.13. The molecule has 0 unspecified atom stereocenters. The summed E-state index contributed by atoms with van der Waals surface area (Å²) in [7, 11) is 4.09. The van der Waals surface area contributed by atoms with Crippen LogP contribution in [-0.4, -0.2) is 42.5 Å². The molecule has 1 aliphatic rings. The van der Waals surface area contributed by atoms with Gasteiger partial charge in [0.1, 0.15) is 11.5 Å². The fourth-order valence-corrected chi connectivity index (χ4v) is 2.77. The molecule has 0 aliphatic heterocycles. The summed E-state index contributed by atoms with van der Waals surface area (Å²) in [6.07, 6.45) is 2.48. The van der Waals surface area contributed by atoms with Crippen LogP contribution in [0.25, 0.3) is 10.9 Å². The molecule has 1 aliphatic carbocycles. The second-order valence-corrected chi connectivity index (χ2v) is 5.99. The Labute approximate surface area is 123 Å². The van der Waals surface area contributed by atoms with E-state index in [1.807, 2.05) is 14.1 Å². The van der Waals surface area contributed by atoms with Crippen molar-refractivity contribution < 1.29 is 9.18 Å². The largest absolute Gasteiger partial charge is 0.351 e. The Balaban J connectivity index is 1.68. The highest BCUT2D eigenvalue weighted by Gasteiger charge is 2.32. The maximum Gasteiger partial charge on any atom is 0.267 e. The molecule has 5 heteroatoms. The zero-order chi connectivity index (χ0) is 15.0. The van der Waals surface area contributed by atoms with E-state index in [2.05, 4.69) is 15.2 Å². The van der Waals surface area contributed by atoms with Crippen molar-refractivity contribution in [1.29, 1.82) is 0 Å². The van der Waals surface area contributed by atoms with Crippen molar-refractivity contribution in [1.82, 2.24) is 15.2 Å². The number of rotatable bonds is 5. The number of benzene rings is 1. The Bertz CT molecular complexity index is 659. The van der Waals surface area contributed by atoms with Gasteiger partial charge in [-0.15, -0.1) is 0 Å². The van der Waals surface area contributed by atoms with Crippen molar-refractivity contribution in [2.75, 3.05) is 20.6 Å². The minimum atomic E-state index is -0.296. The Morgan fingerprint density at radius 2 is 2.19 bits per heavy atom. The molecule has 1 fully saturated rings. The van der Waals surface area contributed by atoms with Gasteiger partial charge in [0.15, 0.2) is 0 Å². The highest BCUT2D eigenvalue weighted by Crippen LogP contribution is 2.34. The lowest BCUT2D eigenvalue weighted by atomic mass is 10.1. The molecule has 3 rings (SSSR count). The van der Waals surface area contributed by atoms with Gasteiger partial charge in [-0.25, -0.2) is 4.39 Å². The summed E-state index contributed by atoms with van der Waals surface area (Å²) in [5.41, 5.74) is 1.25. The first-order valence-electron chi connectivity index (χ1n) is 7.27. The summed E-state index contributed by atoms with van der Waals surface area (Å²) >= 11 is 0. The normalized spacial score (nSPS) is 16.4. The van der Waals surface area contributed by atoms with Gasteiger partial charge < -0.3 is 15.2 Å². The molecule has 0 bridgehead atoms. The van der Waals surface area contributed by atoms with Crippen molar-refractivity contribution in [3.63, 3.8) is 0 Å². The van der Waals surface area contributed by atoms with E-state index in [4.69, 9.17) is 0 Å². The maximum atomic E-state index is 13.2. The Kier molecular flexibility index (Phi) is 3.68. The van der Waals surface area contributed by atoms with E-state index in [-0.39, 0.29) is 11.7 Å². The summed E-state index contributed by atoms with van der Waals surface area (Å²) in [5.74, 6) is 0.256. The second-order valence-electron chi connectivity index (χ2n) is 5.99. The van der Waals surface area contributed by atoms with Crippen LogP contribution < -0.4 is 5.32 Å². The van der Waals surface area contributed by atoms with Gasteiger partial charge in [-0.05, 0) is 57.1 Å². The average Bonchev–Trinajstić information content (AvgIpc) is 3.17. The van der Waals surface area contributed by atoms with Gasteiger partial charge in [0.25, 0.3) is 5.91 Å². The van der Waals surface area contributed by atoms with E-state index in [9.17, 15) is 9.18 Å². The number of amides is 1. The zero-order valence-electron chi connectivity index (χ0n) is 12.3. The summed E-state index contributed by atoms with van der Waals surface area (Å²) < 4.78 is 13.2. The van der Waals surface area contributed by atoms with Crippen molar-refractivity contribution in [3.8, 4) is 0 Å². The number of H-pyrrole nitrogens is 1. The quantitative estimate of drug-likeness (QED) is 0.888. The summed E-state index contributed by atoms with van der Waals surface area (Å²) in [6.45, 7) is 0.639. The minimum Gasteiger partial charge on any atom is -0.351 e. The topological polar surface area (TPSA) is 48.1 Å². The molecule has 2 aromatic rings. The van der Waals surface area contributed by atoms with Gasteiger partial charge in [-0.3, -0.25) is 4.79 Å². The lowest BCUT2D eigenvalue weighted by molar-refractivity contribution is 0.0934. The van der Waals surface area contributed by atoms with Gasteiger partial charge in [0, 0.05) is 23.5 Å². The Morgan fingerprint density at radius 3 is 2.86 bits per heavy atom. The molecule has 1 aromatic carbocycles. The van der Waals surface area contributed by atoms with Crippen LogP contribution in [0.5, 0.6) is 0 Å². The van der Waals surface area contributed by atoms with E-state index in [1.165, 1.54) is 25.0 Å². The highest BCUT2D eigenvalue weighted by atomic mass is 19.1. The number of carbonyl (C=O) groups is 1. The summed E-state index contributed by atoms with van der Waals surface area (Å²) in [4.78, 5) is 17.4. The lowest BCUT2D eigenvalue weighted by Crippen LogP contribution is -2.41. The molecule has 1 saturated carbocycles. The van der Waals surface area contributed by atoms with Crippen molar-refractivity contribution in [2.45, 2.75) is 18.9 Å². The molecule has 0 radical (unpaired) electrons. The predicted octanol–water partition coefficient (Wildman–Crippen LogP) is 2.38. The number of nitrogens with one attached hydrogen (secondary N) is 2. The van der Waals surface area contributed by atoms with Crippen LogP contribution in [0.15, 0.2) is 24.3 Å². The van der Waals surface area contributed by atoms with Crippen LogP contribution >= 0.6 is 0 Å². The molecule has 1 aromatic heterocycles. The SMILES string of the molecule is CN(C)[C@@H](CNC(=O)c1cc2cc(F)ccc2[nH]1)C1CC1. The van der Waals surface area contributed by atoms with Crippen LogP contribution in [0, 0.1) is 11.7 Å². The third kappa shape index (κ3) is 3.08. The van der Waals surface area contributed by atoms with E-state index < -0.39 is 0 Å². The number of hydrogen-bond acceptors (Lipinski definition) is 2. The molecule has 112 valence electrons. The first-order chi connectivity index (χ1) is 10.0. The molecular weight excluding hydrogens is 269 g/mol. The van der Waals surface area contributed by atoms with Gasteiger partial charge in [-0.2, -0.15) is 0 Å². The number of aromatic amines is 1. The molecule has 21 heavy (non-hydrogen) atoms. The van der Waals surface area contributed by atoms with Crippen molar-refractivity contribution in [2.24, 2.45) is 5.92 Å². The van der Waals surface area contributed by atoms with Crippen LogP contribution in [0.4, 0.5) is 4.39 Å². The molecule has 1 heterocycles. The Hall–Kier alpha value is -1.88. The average molecular weight is 289 g/mol. The van der Waals surface area contributed by atoms with Crippen LogP contribution in [0.3, 0.4) is 0 Å². The summed E-state index contributed by atoms with van der Waals surface area (Å²) in [5, 5.41) is 3.69. The Morgan fingerprint density at radius 1 is 1.43 bits per heavy atom. The lowest BCUT2D eigenvalue weighted by Gasteiger charge is -2.24. The van der Waals surface area contributed by atoms with E-state index in [0.29, 0.717) is 29.6 Å². The van der Waals surface area contributed by atoms with Crippen LogP contribution in [0.2, 0.25) is 0 Å². The number of likely N-dealkylation sites (N-methyl/N-ethyl adjacent to an activating group) is 1. The fraction of sp³-hybridized carbons (Fsp3) is 0.438. The fourth-order valence-electron chi connectivity index (χ4n) is 2.77. The molecule has 0 saturated heterocycles. The molecule has 1 atom stereocenters. The van der Waals surface area contributed by atoms with Gasteiger partial charge in [-0.1, -0.05) is 0 Å².